The summed E-state index contributed by atoms with van der Waals surface area (Å²) < 4.78 is 5.19. The van der Waals surface area contributed by atoms with Crippen molar-refractivity contribution >= 4 is 45.8 Å². The molecule has 7 heteroatoms. The smallest absolute Gasteiger partial charge is 0.341 e. The van der Waals surface area contributed by atoms with Crippen LogP contribution in [0.15, 0.2) is 18.3 Å². The van der Waals surface area contributed by atoms with Crippen molar-refractivity contribution in [1.29, 1.82) is 0 Å². The van der Waals surface area contributed by atoms with Crippen LogP contribution in [0.4, 0.5) is 5.69 Å². The monoisotopic (exact) mass is 409 g/mol. The highest BCUT2D eigenvalue weighted by atomic mass is 35.5. The largest absolute Gasteiger partial charge is 0.462 e. The normalized spacial score (nSPS) is 15.1. The van der Waals surface area contributed by atoms with Crippen molar-refractivity contribution in [2.24, 2.45) is 0 Å². The van der Waals surface area contributed by atoms with E-state index in [0.29, 0.717) is 33.4 Å². The highest BCUT2D eigenvalue weighted by Crippen LogP contribution is 2.33. The van der Waals surface area contributed by atoms with Gasteiger partial charge in [0.2, 0.25) is 0 Å². The highest BCUT2D eigenvalue weighted by Gasteiger charge is 2.18. The van der Waals surface area contributed by atoms with Crippen LogP contribution in [0, 0.1) is 0 Å². The predicted molar refractivity (Wildman–Crippen MR) is 111 cm³/mol. The number of nitrogens with zero attached hydrogens (tertiary/aromatic N) is 2. The zero-order chi connectivity index (χ0) is 19.2. The molecule has 1 aromatic carbocycles. The zero-order valence-corrected chi connectivity index (χ0v) is 17.1. The van der Waals surface area contributed by atoms with Crippen molar-refractivity contribution < 1.29 is 9.53 Å². The molecule has 0 atom stereocenters. The van der Waals surface area contributed by atoms with Gasteiger partial charge in [-0.05, 0) is 58.0 Å². The van der Waals surface area contributed by atoms with Crippen LogP contribution in [0.25, 0.3) is 10.9 Å². The number of likely N-dealkylation sites (tertiary alicyclic amines) is 1. The Hall–Kier alpha value is -1.56. The molecular formula is C20H25Cl2N3O2. The van der Waals surface area contributed by atoms with Gasteiger partial charge in [0.25, 0.3) is 0 Å². The van der Waals surface area contributed by atoms with Crippen molar-refractivity contribution in [2.45, 2.75) is 32.6 Å². The molecule has 1 saturated heterocycles. The van der Waals surface area contributed by atoms with Crippen LogP contribution in [0.1, 0.15) is 43.0 Å². The fraction of sp³-hybridized carbons (Fsp3) is 0.500. The number of ether oxygens (including phenoxy) is 1. The Kier molecular flexibility index (Phi) is 7.16. The first-order valence-electron chi connectivity index (χ1n) is 9.51. The second-order valence-electron chi connectivity index (χ2n) is 6.73. The summed E-state index contributed by atoms with van der Waals surface area (Å²) in [6.45, 7) is 6.24. The molecule has 0 spiro atoms. The summed E-state index contributed by atoms with van der Waals surface area (Å²) in [4.78, 5) is 19.2. The van der Waals surface area contributed by atoms with E-state index in [2.05, 4.69) is 15.2 Å². The van der Waals surface area contributed by atoms with E-state index in [-0.39, 0.29) is 0 Å². The minimum absolute atomic E-state index is 0.307. The van der Waals surface area contributed by atoms with Crippen LogP contribution in [-0.4, -0.2) is 48.6 Å². The Morgan fingerprint density at radius 2 is 2.04 bits per heavy atom. The van der Waals surface area contributed by atoms with E-state index in [9.17, 15) is 4.79 Å². The molecule has 1 fully saturated rings. The zero-order valence-electron chi connectivity index (χ0n) is 15.6. The highest BCUT2D eigenvalue weighted by molar-refractivity contribution is 6.38. The minimum atomic E-state index is -0.401. The Labute approximate surface area is 170 Å². The fourth-order valence-electron chi connectivity index (χ4n) is 3.48. The van der Waals surface area contributed by atoms with Crippen molar-refractivity contribution in [1.82, 2.24) is 9.88 Å². The number of fused-ring (bicyclic) bond motifs is 1. The van der Waals surface area contributed by atoms with Crippen LogP contribution in [0.2, 0.25) is 10.0 Å². The Balaban J connectivity index is 1.81. The molecule has 0 saturated carbocycles. The van der Waals surface area contributed by atoms with Crippen LogP contribution in [0.5, 0.6) is 0 Å². The second-order valence-corrected chi connectivity index (χ2v) is 7.58. The van der Waals surface area contributed by atoms with Gasteiger partial charge in [-0.1, -0.05) is 29.6 Å². The lowest BCUT2D eigenvalue weighted by Crippen LogP contribution is -2.31. The van der Waals surface area contributed by atoms with E-state index in [1.807, 2.05) is 0 Å². The molecule has 1 N–H and O–H groups in total. The van der Waals surface area contributed by atoms with E-state index in [4.69, 9.17) is 27.9 Å². The van der Waals surface area contributed by atoms with E-state index in [1.165, 1.54) is 38.5 Å². The van der Waals surface area contributed by atoms with Crippen LogP contribution >= 0.6 is 23.2 Å². The number of hydrogen-bond donors (Lipinski definition) is 1. The first kappa shape index (κ1) is 20.2. The maximum Gasteiger partial charge on any atom is 0.341 e. The number of anilines is 1. The molecule has 5 nitrogen and oxygen atoms in total. The SMILES string of the molecule is CCOC(=O)c1cnc2c(Cl)cc(Cl)cc2c1NCCCN1CCCCC1. The molecular weight excluding hydrogens is 385 g/mol. The summed E-state index contributed by atoms with van der Waals surface area (Å²) in [7, 11) is 0. The number of hydrogen-bond acceptors (Lipinski definition) is 5. The minimum Gasteiger partial charge on any atom is -0.462 e. The number of esters is 1. The third-order valence-electron chi connectivity index (χ3n) is 4.79. The molecule has 2 aromatic rings. The molecule has 1 aromatic heterocycles. The van der Waals surface area contributed by atoms with Gasteiger partial charge in [-0.2, -0.15) is 0 Å². The summed E-state index contributed by atoms with van der Waals surface area (Å²) in [5.41, 5.74) is 1.70. The number of nitrogens with one attached hydrogen (secondary N) is 1. The van der Waals surface area contributed by atoms with Crippen LogP contribution < -0.4 is 5.32 Å². The topological polar surface area (TPSA) is 54.5 Å². The molecule has 0 bridgehead atoms. The first-order valence-corrected chi connectivity index (χ1v) is 10.3. The van der Waals surface area contributed by atoms with E-state index >= 15 is 0 Å². The van der Waals surface area contributed by atoms with Gasteiger partial charge in [0.15, 0.2) is 0 Å². The molecule has 1 aliphatic heterocycles. The number of pyridine rings is 1. The van der Waals surface area contributed by atoms with Crippen molar-refractivity contribution in [3.8, 4) is 0 Å². The van der Waals surface area contributed by atoms with Crippen LogP contribution in [0.3, 0.4) is 0 Å². The molecule has 146 valence electrons. The van der Waals surface area contributed by atoms with Crippen LogP contribution in [-0.2, 0) is 4.74 Å². The van der Waals surface area contributed by atoms with E-state index in [1.54, 1.807) is 19.1 Å². The first-order chi connectivity index (χ1) is 13.1. The Morgan fingerprint density at radius 3 is 2.78 bits per heavy atom. The van der Waals surface area contributed by atoms with Crippen molar-refractivity contribution in [3.63, 3.8) is 0 Å². The van der Waals surface area contributed by atoms with E-state index in [0.717, 1.165) is 24.9 Å². The number of piperidine rings is 1. The summed E-state index contributed by atoms with van der Waals surface area (Å²) in [5, 5.41) is 5.11. The van der Waals surface area contributed by atoms with Gasteiger partial charge in [0, 0.05) is 23.2 Å². The third kappa shape index (κ3) is 5.03. The molecule has 2 heterocycles. The number of aromatic nitrogens is 1. The van der Waals surface area contributed by atoms with Gasteiger partial charge in [0.1, 0.15) is 5.56 Å². The van der Waals surface area contributed by atoms with Crippen molar-refractivity contribution in [3.05, 3.63) is 33.9 Å². The number of carbonyl (C=O) groups excluding carboxylic acids is 1. The van der Waals surface area contributed by atoms with E-state index < -0.39 is 5.97 Å². The summed E-state index contributed by atoms with van der Waals surface area (Å²) >= 11 is 12.5. The number of halogens is 2. The number of benzene rings is 1. The van der Waals surface area contributed by atoms with Gasteiger partial charge in [0.05, 0.1) is 22.8 Å². The summed E-state index contributed by atoms with van der Waals surface area (Å²) in [6.07, 6.45) is 6.41. The van der Waals surface area contributed by atoms with Gasteiger partial charge in [-0.25, -0.2) is 4.79 Å². The molecule has 27 heavy (non-hydrogen) atoms. The molecule has 0 amide bonds. The summed E-state index contributed by atoms with van der Waals surface area (Å²) in [6, 6.07) is 3.44. The standard InChI is InChI=1S/C20H25Cl2N3O2/c1-2-27-20(26)16-13-24-19-15(11-14(21)12-17(19)22)18(16)23-7-6-10-25-8-4-3-5-9-25/h11-13H,2-10H2,1H3,(H,23,24). The number of carbonyl (C=O) groups is 1. The maximum absolute atomic E-state index is 12.4. The third-order valence-corrected chi connectivity index (χ3v) is 5.29. The molecule has 0 radical (unpaired) electrons. The molecule has 0 aliphatic carbocycles. The lowest BCUT2D eigenvalue weighted by atomic mass is 10.1. The molecule has 3 rings (SSSR count). The average Bonchev–Trinajstić information content (AvgIpc) is 2.66. The lowest BCUT2D eigenvalue weighted by Gasteiger charge is -2.26. The Bertz CT molecular complexity index is 807. The fourth-order valence-corrected chi connectivity index (χ4v) is 4.02. The Morgan fingerprint density at radius 1 is 1.26 bits per heavy atom. The van der Waals surface area contributed by atoms with Gasteiger partial charge in [-0.3, -0.25) is 4.98 Å². The van der Waals surface area contributed by atoms with Crippen molar-refractivity contribution in [2.75, 3.05) is 38.1 Å². The van der Waals surface area contributed by atoms with Gasteiger partial charge >= 0.3 is 5.97 Å². The molecule has 1 aliphatic rings. The predicted octanol–water partition coefficient (Wildman–Crippen LogP) is 5.01. The summed E-state index contributed by atoms with van der Waals surface area (Å²) in [5.74, 6) is -0.401. The maximum atomic E-state index is 12.4. The molecule has 0 unspecified atom stereocenters. The quantitative estimate of drug-likeness (QED) is 0.514. The average molecular weight is 410 g/mol. The van der Waals surface area contributed by atoms with Gasteiger partial charge in [-0.15, -0.1) is 0 Å². The second kappa shape index (κ2) is 9.58. The number of rotatable bonds is 7. The van der Waals surface area contributed by atoms with Gasteiger partial charge < -0.3 is 15.0 Å². The lowest BCUT2D eigenvalue weighted by molar-refractivity contribution is 0.0527.